The monoisotopic (exact) mass is 326 g/mol. The van der Waals surface area contributed by atoms with Crippen LogP contribution in [0.1, 0.15) is 23.2 Å². The summed E-state index contributed by atoms with van der Waals surface area (Å²) in [5.41, 5.74) is 1.20. The molecule has 0 aliphatic carbocycles. The van der Waals surface area contributed by atoms with Crippen LogP contribution in [0, 0.1) is 0 Å². The van der Waals surface area contributed by atoms with E-state index in [0.717, 1.165) is 0 Å². The largest absolute Gasteiger partial charge is 0.334 e. The van der Waals surface area contributed by atoms with E-state index < -0.39 is 0 Å². The molecule has 4 rings (SSSR count). The van der Waals surface area contributed by atoms with Crippen LogP contribution in [0.2, 0.25) is 0 Å². The fourth-order valence-electron chi connectivity index (χ4n) is 3.03. The number of amides is 3. The van der Waals surface area contributed by atoms with Gasteiger partial charge in [0.15, 0.2) is 0 Å². The van der Waals surface area contributed by atoms with E-state index in [9.17, 15) is 14.4 Å². The SMILES string of the molecule is O=C(c1cccc(-n2cnnn2)c1)N1CC(N2C(=O)CCC2=O)C1. The van der Waals surface area contributed by atoms with Crippen molar-refractivity contribution in [3.63, 3.8) is 0 Å². The molecule has 9 heteroatoms. The summed E-state index contributed by atoms with van der Waals surface area (Å²) < 4.78 is 1.47. The van der Waals surface area contributed by atoms with Crippen LogP contribution in [0.5, 0.6) is 0 Å². The molecule has 0 unspecified atom stereocenters. The highest BCUT2D eigenvalue weighted by molar-refractivity contribution is 6.03. The summed E-state index contributed by atoms with van der Waals surface area (Å²) in [7, 11) is 0. The lowest BCUT2D eigenvalue weighted by Gasteiger charge is -2.43. The Morgan fingerprint density at radius 3 is 2.54 bits per heavy atom. The van der Waals surface area contributed by atoms with Crippen LogP contribution in [0.25, 0.3) is 5.69 Å². The lowest BCUT2D eigenvalue weighted by Crippen LogP contribution is -2.62. The summed E-state index contributed by atoms with van der Waals surface area (Å²) in [5, 5.41) is 10.9. The molecule has 2 saturated heterocycles. The molecule has 0 spiro atoms. The fourth-order valence-corrected chi connectivity index (χ4v) is 3.03. The minimum Gasteiger partial charge on any atom is -0.334 e. The van der Waals surface area contributed by atoms with Gasteiger partial charge < -0.3 is 4.90 Å². The third-order valence-electron chi connectivity index (χ3n) is 4.31. The maximum atomic E-state index is 12.5. The van der Waals surface area contributed by atoms with Crippen molar-refractivity contribution in [2.75, 3.05) is 13.1 Å². The minimum absolute atomic E-state index is 0.139. The third kappa shape index (κ3) is 2.34. The van der Waals surface area contributed by atoms with E-state index in [-0.39, 0.29) is 36.6 Å². The average molecular weight is 326 g/mol. The lowest BCUT2D eigenvalue weighted by molar-refractivity contribution is -0.144. The van der Waals surface area contributed by atoms with Gasteiger partial charge in [0, 0.05) is 31.5 Å². The molecule has 0 bridgehead atoms. The van der Waals surface area contributed by atoms with Gasteiger partial charge in [0.2, 0.25) is 11.8 Å². The Hall–Kier alpha value is -3.10. The van der Waals surface area contributed by atoms with Crippen molar-refractivity contribution in [2.24, 2.45) is 0 Å². The van der Waals surface area contributed by atoms with Crippen LogP contribution >= 0.6 is 0 Å². The molecule has 2 aromatic rings. The van der Waals surface area contributed by atoms with E-state index in [4.69, 9.17) is 0 Å². The number of carbonyl (C=O) groups excluding carboxylic acids is 3. The molecule has 2 fully saturated rings. The first-order valence-corrected chi connectivity index (χ1v) is 7.61. The Morgan fingerprint density at radius 2 is 1.88 bits per heavy atom. The highest BCUT2D eigenvalue weighted by Gasteiger charge is 2.42. The van der Waals surface area contributed by atoms with Gasteiger partial charge in [0.1, 0.15) is 6.33 Å². The first-order valence-electron chi connectivity index (χ1n) is 7.61. The molecule has 1 aromatic carbocycles. The second-order valence-electron chi connectivity index (χ2n) is 5.83. The Balaban J connectivity index is 1.45. The predicted octanol–water partition coefficient (Wildman–Crippen LogP) is -0.364. The van der Waals surface area contributed by atoms with E-state index in [0.29, 0.717) is 24.3 Å². The molecule has 3 amide bonds. The zero-order valence-electron chi connectivity index (χ0n) is 12.7. The summed E-state index contributed by atoms with van der Waals surface area (Å²) in [5.74, 6) is -0.421. The molecule has 9 nitrogen and oxygen atoms in total. The van der Waals surface area contributed by atoms with Crippen LogP contribution in [0.15, 0.2) is 30.6 Å². The van der Waals surface area contributed by atoms with Crippen molar-refractivity contribution in [3.8, 4) is 5.69 Å². The van der Waals surface area contributed by atoms with E-state index >= 15 is 0 Å². The highest BCUT2D eigenvalue weighted by Crippen LogP contribution is 2.24. The van der Waals surface area contributed by atoms with E-state index in [2.05, 4.69) is 15.5 Å². The van der Waals surface area contributed by atoms with Gasteiger partial charge in [-0.15, -0.1) is 5.10 Å². The third-order valence-corrected chi connectivity index (χ3v) is 4.31. The standard InChI is InChI=1S/C15H14N6O3/c22-13-4-5-14(23)21(13)12-7-19(8-12)15(24)10-2-1-3-11(6-10)20-9-16-17-18-20/h1-3,6,9,12H,4-5,7-8H2. The van der Waals surface area contributed by atoms with Crippen molar-refractivity contribution in [3.05, 3.63) is 36.2 Å². The van der Waals surface area contributed by atoms with Gasteiger partial charge in [0.25, 0.3) is 5.91 Å². The van der Waals surface area contributed by atoms with E-state index in [1.807, 2.05) is 0 Å². The van der Waals surface area contributed by atoms with Gasteiger partial charge in [-0.25, -0.2) is 4.68 Å². The zero-order chi connectivity index (χ0) is 16.7. The van der Waals surface area contributed by atoms with Crippen LogP contribution in [-0.4, -0.2) is 66.9 Å². The molecular weight excluding hydrogens is 312 g/mol. The number of benzene rings is 1. The maximum Gasteiger partial charge on any atom is 0.254 e. The fraction of sp³-hybridized carbons (Fsp3) is 0.333. The zero-order valence-corrected chi connectivity index (χ0v) is 12.7. The van der Waals surface area contributed by atoms with Gasteiger partial charge in [-0.3, -0.25) is 19.3 Å². The Bertz CT molecular complexity index is 796. The average Bonchev–Trinajstić information content (AvgIpc) is 3.19. The van der Waals surface area contributed by atoms with Gasteiger partial charge in [-0.05, 0) is 28.6 Å². The number of hydrogen-bond acceptors (Lipinski definition) is 6. The Morgan fingerprint density at radius 1 is 1.12 bits per heavy atom. The number of likely N-dealkylation sites (tertiary alicyclic amines) is 2. The first-order chi connectivity index (χ1) is 11.6. The number of rotatable bonds is 3. The molecule has 2 aliphatic rings. The second kappa shape index (κ2) is 5.52. The molecule has 0 N–H and O–H groups in total. The number of carbonyl (C=O) groups is 3. The second-order valence-corrected chi connectivity index (χ2v) is 5.83. The number of tetrazole rings is 1. The normalized spacial score (nSPS) is 18.2. The highest BCUT2D eigenvalue weighted by atomic mass is 16.2. The summed E-state index contributed by atoms with van der Waals surface area (Å²) in [6.45, 7) is 0.761. The van der Waals surface area contributed by atoms with Crippen LogP contribution in [0.4, 0.5) is 0 Å². The number of nitrogens with zero attached hydrogens (tertiary/aromatic N) is 6. The Labute approximate surface area is 136 Å². The van der Waals surface area contributed by atoms with Crippen LogP contribution in [-0.2, 0) is 9.59 Å². The molecule has 1 aromatic heterocycles. The van der Waals surface area contributed by atoms with Gasteiger partial charge in [0.05, 0.1) is 11.7 Å². The minimum atomic E-state index is -0.195. The molecular formula is C15H14N6O3. The molecule has 24 heavy (non-hydrogen) atoms. The quantitative estimate of drug-likeness (QED) is 0.714. The number of aromatic nitrogens is 4. The predicted molar refractivity (Wildman–Crippen MR) is 79.9 cm³/mol. The molecule has 0 radical (unpaired) electrons. The molecule has 3 heterocycles. The number of imide groups is 1. The molecule has 122 valence electrons. The van der Waals surface area contributed by atoms with Gasteiger partial charge in [-0.2, -0.15) is 0 Å². The molecule has 2 aliphatic heterocycles. The van der Waals surface area contributed by atoms with E-state index in [1.165, 1.54) is 15.9 Å². The smallest absolute Gasteiger partial charge is 0.254 e. The summed E-state index contributed by atoms with van der Waals surface area (Å²) in [6, 6.07) is 6.79. The summed E-state index contributed by atoms with van der Waals surface area (Å²) in [6.07, 6.45) is 2.00. The van der Waals surface area contributed by atoms with Crippen LogP contribution < -0.4 is 0 Å². The molecule has 0 atom stereocenters. The van der Waals surface area contributed by atoms with Gasteiger partial charge >= 0.3 is 0 Å². The van der Waals surface area contributed by atoms with Crippen molar-refractivity contribution in [1.29, 1.82) is 0 Å². The van der Waals surface area contributed by atoms with E-state index in [1.54, 1.807) is 29.2 Å². The van der Waals surface area contributed by atoms with Gasteiger partial charge in [-0.1, -0.05) is 6.07 Å². The summed E-state index contributed by atoms with van der Waals surface area (Å²) >= 11 is 0. The van der Waals surface area contributed by atoms with Crippen molar-refractivity contribution < 1.29 is 14.4 Å². The summed E-state index contributed by atoms with van der Waals surface area (Å²) in [4.78, 5) is 38.9. The first kappa shape index (κ1) is 14.5. The molecule has 0 saturated carbocycles. The van der Waals surface area contributed by atoms with Crippen molar-refractivity contribution >= 4 is 17.7 Å². The lowest BCUT2D eigenvalue weighted by atomic mass is 10.0. The van der Waals surface area contributed by atoms with Crippen molar-refractivity contribution in [1.82, 2.24) is 30.0 Å². The number of hydrogen-bond donors (Lipinski definition) is 0. The van der Waals surface area contributed by atoms with Crippen molar-refractivity contribution in [2.45, 2.75) is 18.9 Å². The van der Waals surface area contributed by atoms with Crippen LogP contribution in [0.3, 0.4) is 0 Å². The topological polar surface area (TPSA) is 101 Å². The Kier molecular flexibility index (Phi) is 3.33. The maximum absolute atomic E-state index is 12.5.